The van der Waals surface area contributed by atoms with Crippen LogP contribution < -0.4 is 27.4 Å². The summed E-state index contributed by atoms with van der Waals surface area (Å²) in [6, 6.07) is 33.6. The highest BCUT2D eigenvalue weighted by atomic mass is 16.6. The van der Waals surface area contributed by atoms with Gasteiger partial charge in [-0.15, -0.1) is 0 Å². The summed E-state index contributed by atoms with van der Waals surface area (Å²) in [6.45, 7) is 22.0. The number of nitrogens with two attached hydrogens (primary N) is 2. The van der Waals surface area contributed by atoms with Gasteiger partial charge in [0.05, 0.1) is 31.4 Å². The number of H-pyrrole nitrogens is 1. The molecule has 0 unspecified atom stereocenters. The summed E-state index contributed by atoms with van der Waals surface area (Å²) < 4.78 is 26.5. The molecule has 24 heteroatoms. The number of carboxylic acids is 1. The first-order valence-corrected chi connectivity index (χ1v) is 37.9. The number of amides is 4. The maximum atomic E-state index is 13.2. The molecule has 108 heavy (non-hydrogen) atoms. The molecular weight excluding hydrogens is 1370 g/mol. The van der Waals surface area contributed by atoms with Crippen molar-refractivity contribution >= 4 is 64.7 Å². The molecule has 3 heterocycles. The molecule has 4 aliphatic carbocycles. The van der Waals surface area contributed by atoms with E-state index in [4.69, 9.17) is 40.3 Å². The molecule has 1 aromatic heterocycles. The number of aldehydes is 1. The van der Waals surface area contributed by atoms with E-state index in [1.54, 1.807) is 73.3 Å². The zero-order chi connectivity index (χ0) is 78.9. The van der Waals surface area contributed by atoms with Crippen LogP contribution in [0.2, 0.25) is 0 Å². The highest BCUT2D eigenvalue weighted by Crippen LogP contribution is 2.31. The second-order valence-electron chi connectivity index (χ2n) is 30.7. The summed E-state index contributed by atoms with van der Waals surface area (Å²) in [7, 11) is 5.33. The van der Waals surface area contributed by atoms with Crippen LogP contribution in [0.1, 0.15) is 207 Å². The number of aliphatic hydroxyl groups excluding tert-OH is 1. The van der Waals surface area contributed by atoms with E-state index in [0.717, 1.165) is 166 Å². The first kappa shape index (κ1) is 88.0. The number of rotatable bonds is 19. The molecule has 4 amide bonds. The van der Waals surface area contributed by atoms with Gasteiger partial charge in [0.25, 0.3) is 11.8 Å². The maximum absolute atomic E-state index is 13.2. The number of hydrogen-bond donors (Lipinski definition) is 8. The van der Waals surface area contributed by atoms with E-state index in [9.17, 15) is 33.9 Å². The average Bonchev–Trinajstić information content (AvgIpc) is 1.44. The maximum Gasteiger partial charge on any atom is 0.412 e. The molecule has 2 aliphatic heterocycles. The highest BCUT2D eigenvalue weighted by Gasteiger charge is 2.34. The van der Waals surface area contributed by atoms with Gasteiger partial charge >= 0.3 is 18.2 Å². The number of aliphatic hydroxyl groups is 1. The third kappa shape index (κ3) is 32.1. The molecule has 0 radical (unpaired) electrons. The smallest absolute Gasteiger partial charge is 0.412 e. The predicted molar refractivity (Wildman–Crippen MR) is 427 cm³/mol. The second-order valence-corrected chi connectivity index (χ2v) is 30.7. The van der Waals surface area contributed by atoms with Crippen molar-refractivity contribution in [1.82, 2.24) is 25.3 Å². The summed E-state index contributed by atoms with van der Waals surface area (Å²) in [5.41, 5.74) is 22.0. The van der Waals surface area contributed by atoms with Crippen molar-refractivity contribution in [2.24, 2.45) is 21.6 Å². The van der Waals surface area contributed by atoms with Gasteiger partial charge in [0.15, 0.2) is 5.69 Å². The predicted octanol–water partition coefficient (Wildman–Crippen LogP) is 14.5. The van der Waals surface area contributed by atoms with E-state index >= 15 is 0 Å². The minimum absolute atomic E-state index is 0.0625. The Labute approximate surface area is 639 Å². The zero-order valence-electron chi connectivity index (χ0n) is 66.0. The first-order valence-electron chi connectivity index (χ1n) is 37.9. The number of nitrogens with one attached hydrogen (secondary N) is 4. The SMILES string of the molecule is CC(C)(C)OC(=O)Nc1cccc(C=O)c1.CC(C)(C)OC(=O)Nc1cccc(CNC2CCC(CO)CC2)c1.COC1CCC(N(Cc2cccc(C)c2)C(=O)C2=CC(C)=NC2)CC1.COC1CCC(N(Cc2cccc(N)c2)C(=O)C2=CC(C)=NC2)CC1.COC1CCC(N)CC1.Cc1cc(C(=O)O)n[nH]1. The lowest BCUT2D eigenvalue weighted by atomic mass is 9.86. The van der Waals surface area contributed by atoms with Crippen LogP contribution in [0.3, 0.4) is 0 Å². The van der Waals surface area contributed by atoms with Gasteiger partial charge in [-0.05, 0) is 249 Å². The summed E-state index contributed by atoms with van der Waals surface area (Å²) in [6.07, 6.45) is 21.7. The number of carbonyl (C=O) groups excluding carboxylic acids is 5. The van der Waals surface area contributed by atoms with Gasteiger partial charge in [0.2, 0.25) is 0 Å². The molecule has 0 atom stereocenters. The van der Waals surface area contributed by atoms with Gasteiger partial charge in [0, 0.05) is 123 Å². The van der Waals surface area contributed by atoms with Gasteiger partial charge in [0.1, 0.15) is 17.5 Å². The van der Waals surface area contributed by atoms with Crippen LogP contribution in [0.5, 0.6) is 0 Å². The van der Waals surface area contributed by atoms with Crippen molar-refractivity contribution in [2.75, 3.05) is 57.4 Å². The number of aromatic nitrogens is 2. The summed E-state index contributed by atoms with van der Waals surface area (Å²) in [4.78, 5) is 83.0. The quantitative estimate of drug-likeness (QED) is 0.0281. The number of nitrogens with zero attached hydrogens (tertiary/aromatic N) is 5. The molecule has 11 rings (SSSR count). The van der Waals surface area contributed by atoms with Crippen LogP contribution in [-0.2, 0) is 52.9 Å². The summed E-state index contributed by atoms with van der Waals surface area (Å²) >= 11 is 0. The van der Waals surface area contributed by atoms with Crippen molar-refractivity contribution < 1.29 is 62.7 Å². The fraction of sp³-hybridized carbons (Fsp3) is 0.536. The molecule has 4 saturated carbocycles. The monoisotopic (exact) mass is 1490 g/mol. The molecule has 0 bridgehead atoms. The van der Waals surface area contributed by atoms with Gasteiger partial charge in [-0.2, -0.15) is 5.10 Å². The largest absolute Gasteiger partial charge is 0.476 e. The lowest BCUT2D eigenvalue weighted by molar-refractivity contribution is -0.132. The molecular formula is C84H121N11O13. The normalized spacial score (nSPS) is 20.9. The van der Waals surface area contributed by atoms with Gasteiger partial charge < -0.3 is 60.5 Å². The number of hydrogen-bond acceptors (Lipinski definition) is 18. The van der Waals surface area contributed by atoms with Gasteiger partial charge in [-0.1, -0.05) is 66.2 Å². The second kappa shape index (κ2) is 44.5. The summed E-state index contributed by atoms with van der Waals surface area (Å²) in [5.74, 6) is -0.282. The van der Waals surface area contributed by atoms with E-state index in [1.165, 1.54) is 17.2 Å². The third-order valence-corrected chi connectivity index (χ3v) is 19.3. The Hall–Kier alpha value is -8.91. The highest BCUT2D eigenvalue weighted by molar-refractivity contribution is 6.07. The van der Waals surface area contributed by atoms with Crippen LogP contribution in [0, 0.1) is 19.8 Å². The van der Waals surface area contributed by atoms with Crippen molar-refractivity contribution in [3.8, 4) is 0 Å². The molecule has 10 N–H and O–H groups in total. The van der Waals surface area contributed by atoms with E-state index in [1.807, 2.05) is 100 Å². The molecule has 0 spiro atoms. The topological polar surface area (TPSA) is 337 Å². The lowest BCUT2D eigenvalue weighted by Crippen LogP contribution is -2.43. The fourth-order valence-electron chi connectivity index (χ4n) is 13.5. The van der Waals surface area contributed by atoms with E-state index in [2.05, 4.69) is 72.2 Å². The number of ether oxygens (including phenoxy) is 5. The Morgan fingerprint density at radius 3 is 1.44 bits per heavy atom. The van der Waals surface area contributed by atoms with Crippen LogP contribution in [0.15, 0.2) is 136 Å². The number of aryl methyl sites for hydroxylation is 2. The standard InChI is InChI=1S/C21H28N2O2.C20H27N3O2.C19H30N2O3.C12H15NO3.C7H15NO.C5H6N2O2/c1-15-5-4-6-17(11-15)14-23(19-7-9-20(25-3)10-8-19)21(24)18-12-16(2)22-13-18;1-14-10-16(12-22-14)20(24)23(13-15-4-3-5-17(21)11-15)18-6-8-19(25-2)9-7-18;1-19(2,3)24-18(23)21-17-6-4-5-15(11-17)12-20-16-9-7-14(13-22)8-10-16;1-12(2,3)16-11(15)13-10-6-4-5-9(7-10)8-14;1-9-7-4-2-6(8)3-5-7;1-3-2-4(5(8)9)7-6-3/h4-6,11-12,19-20H,7-10,13-14H2,1-3H3;3-5,10-11,18-19H,6-9,12-13,21H2,1-2H3;4-6,11,14,16,20,22H,7-10,12-13H2,1-3H3,(H,21,23);4-8H,1-3H3,(H,13,15);6-7H,2-5,8H2,1H3;2H,1H3,(H,6,7)(H,8,9). The average molecular weight is 1490 g/mol. The number of carbonyl (C=O) groups is 6. The van der Waals surface area contributed by atoms with Crippen LogP contribution in [0.25, 0.3) is 0 Å². The first-order chi connectivity index (χ1) is 51.4. The minimum Gasteiger partial charge on any atom is -0.476 e. The minimum atomic E-state index is -1.00. The van der Waals surface area contributed by atoms with E-state index in [-0.39, 0.29) is 29.6 Å². The number of carboxylic acid groups (broad SMARTS) is 1. The molecule has 24 nitrogen and oxygen atoms in total. The number of nitrogen functional groups attached to an aromatic ring is 1. The zero-order valence-corrected chi connectivity index (χ0v) is 66.0. The number of methoxy groups -OCH3 is 3. The van der Waals surface area contributed by atoms with Crippen LogP contribution in [0.4, 0.5) is 26.7 Å². The summed E-state index contributed by atoms with van der Waals surface area (Å²) in [5, 5.41) is 32.4. The van der Waals surface area contributed by atoms with Crippen molar-refractivity contribution in [3.63, 3.8) is 0 Å². The molecule has 590 valence electrons. The van der Waals surface area contributed by atoms with Crippen molar-refractivity contribution in [1.29, 1.82) is 0 Å². The van der Waals surface area contributed by atoms with E-state index in [0.29, 0.717) is 80.4 Å². The molecule has 5 aromatic rings. The number of anilines is 3. The Bertz CT molecular complexity index is 3670. The van der Waals surface area contributed by atoms with Crippen molar-refractivity contribution in [2.45, 2.75) is 245 Å². The number of aromatic amines is 1. The van der Waals surface area contributed by atoms with Crippen LogP contribution >= 0.6 is 0 Å². The third-order valence-electron chi connectivity index (χ3n) is 19.3. The van der Waals surface area contributed by atoms with E-state index < -0.39 is 29.4 Å². The Kier molecular flexibility index (Phi) is 36.3. The lowest BCUT2D eigenvalue weighted by Gasteiger charge is -2.37. The van der Waals surface area contributed by atoms with Gasteiger partial charge in [-0.3, -0.25) is 40.1 Å². The van der Waals surface area contributed by atoms with Gasteiger partial charge in [-0.25, -0.2) is 14.4 Å². The Morgan fingerprint density at radius 1 is 0.574 bits per heavy atom. The van der Waals surface area contributed by atoms with Crippen molar-refractivity contribution in [3.05, 3.63) is 166 Å². The number of aliphatic imine (C=N–C) groups is 2. The Balaban J connectivity index is 0.000000210. The number of allylic oxidation sites excluding steroid dienone is 2. The number of aromatic carboxylic acids is 1. The fourth-order valence-corrected chi connectivity index (χ4v) is 13.5. The van der Waals surface area contributed by atoms with Crippen LogP contribution in [-0.4, -0.2) is 173 Å². The molecule has 0 saturated heterocycles. The molecule has 6 aliphatic rings. The Morgan fingerprint density at radius 2 is 1.03 bits per heavy atom. The molecule has 4 fully saturated rings. The number of benzene rings is 4. The molecule has 4 aromatic carbocycles.